The number of esters is 1. The van der Waals surface area contributed by atoms with Crippen LogP contribution in [0.3, 0.4) is 0 Å². The molecule has 2 rings (SSSR count). The van der Waals surface area contributed by atoms with Gasteiger partial charge in [-0.25, -0.2) is 0 Å². The molecule has 2 amide bonds. The molecule has 0 aromatic heterocycles. The number of amides is 2. The fourth-order valence-corrected chi connectivity index (χ4v) is 2.79. The summed E-state index contributed by atoms with van der Waals surface area (Å²) in [5.74, 6) is -0.794. The Morgan fingerprint density at radius 2 is 1.68 bits per heavy atom. The molecular formula is C20H22N2O5S. The van der Waals surface area contributed by atoms with E-state index in [4.69, 9.17) is 9.47 Å². The number of nitrogens with one attached hydrogen (secondary N) is 2. The van der Waals surface area contributed by atoms with E-state index in [9.17, 15) is 14.4 Å². The zero-order valence-electron chi connectivity index (χ0n) is 15.6. The van der Waals surface area contributed by atoms with Gasteiger partial charge in [-0.3, -0.25) is 25.2 Å². The third-order valence-electron chi connectivity index (χ3n) is 3.50. The summed E-state index contributed by atoms with van der Waals surface area (Å²) in [6.45, 7) is 3.93. The van der Waals surface area contributed by atoms with Gasteiger partial charge in [0.15, 0.2) is 6.10 Å². The third-order valence-corrected chi connectivity index (χ3v) is 4.49. The van der Waals surface area contributed by atoms with Crippen LogP contribution in [-0.4, -0.2) is 36.2 Å². The van der Waals surface area contributed by atoms with Crippen LogP contribution in [0, 0.1) is 0 Å². The summed E-state index contributed by atoms with van der Waals surface area (Å²) in [4.78, 5) is 36.6. The summed E-state index contributed by atoms with van der Waals surface area (Å²) in [7, 11) is 0. The number of carbonyl (C=O) groups excluding carboxylic acids is 3. The van der Waals surface area contributed by atoms with E-state index in [0.717, 1.165) is 10.6 Å². The Hall–Kier alpha value is -3.00. The SMILES string of the molecule is CCOc1ccc(SCC(=O)O[C@H](C)C(=O)NNC(=O)c2ccccc2)cc1. The van der Waals surface area contributed by atoms with Crippen LogP contribution >= 0.6 is 11.8 Å². The normalized spacial score (nSPS) is 11.2. The number of hydrazine groups is 1. The molecule has 0 bridgehead atoms. The zero-order chi connectivity index (χ0) is 20.4. The Morgan fingerprint density at radius 3 is 2.32 bits per heavy atom. The van der Waals surface area contributed by atoms with Gasteiger partial charge in [0, 0.05) is 10.5 Å². The lowest BCUT2D eigenvalue weighted by molar-refractivity contribution is -0.152. The zero-order valence-corrected chi connectivity index (χ0v) is 16.5. The van der Waals surface area contributed by atoms with Gasteiger partial charge in [-0.15, -0.1) is 11.8 Å². The number of ether oxygens (including phenoxy) is 2. The first-order valence-electron chi connectivity index (χ1n) is 8.70. The van der Waals surface area contributed by atoms with Crippen molar-refractivity contribution >= 4 is 29.5 Å². The Kier molecular flexibility index (Phi) is 8.36. The second-order valence-corrected chi connectivity index (χ2v) is 6.68. The molecule has 0 unspecified atom stereocenters. The highest BCUT2D eigenvalue weighted by molar-refractivity contribution is 8.00. The number of hydrogen-bond acceptors (Lipinski definition) is 6. The average Bonchev–Trinajstić information content (AvgIpc) is 2.72. The summed E-state index contributed by atoms with van der Waals surface area (Å²) in [6, 6.07) is 15.8. The molecule has 0 aliphatic carbocycles. The van der Waals surface area contributed by atoms with Gasteiger partial charge in [0.05, 0.1) is 12.4 Å². The van der Waals surface area contributed by atoms with E-state index >= 15 is 0 Å². The van der Waals surface area contributed by atoms with Gasteiger partial charge in [-0.05, 0) is 50.2 Å². The number of hydrogen-bond donors (Lipinski definition) is 2. The molecule has 8 heteroatoms. The Morgan fingerprint density at radius 1 is 1.00 bits per heavy atom. The van der Waals surface area contributed by atoms with Crippen molar-refractivity contribution in [3.8, 4) is 5.75 Å². The first-order valence-corrected chi connectivity index (χ1v) is 9.68. The van der Waals surface area contributed by atoms with Crippen molar-refractivity contribution in [2.24, 2.45) is 0 Å². The van der Waals surface area contributed by atoms with Crippen LogP contribution in [0.1, 0.15) is 24.2 Å². The third kappa shape index (κ3) is 6.96. The van der Waals surface area contributed by atoms with E-state index in [1.165, 1.54) is 18.7 Å². The lowest BCUT2D eigenvalue weighted by atomic mass is 10.2. The summed E-state index contributed by atoms with van der Waals surface area (Å²) in [5.41, 5.74) is 4.92. The maximum absolute atomic E-state index is 12.0. The molecular weight excluding hydrogens is 380 g/mol. The molecule has 0 aliphatic rings. The molecule has 148 valence electrons. The Labute approximate surface area is 167 Å². The van der Waals surface area contributed by atoms with E-state index < -0.39 is 23.9 Å². The van der Waals surface area contributed by atoms with Gasteiger partial charge in [0.2, 0.25) is 0 Å². The van der Waals surface area contributed by atoms with Crippen molar-refractivity contribution in [3.05, 3.63) is 60.2 Å². The quantitative estimate of drug-likeness (QED) is 0.400. The lowest BCUT2D eigenvalue weighted by Crippen LogP contribution is -2.46. The summed E-state index contributed by atoms with van der Waals surface area (Å²) in [6.07, 6.45) is -1.04. The molecule has 1 atom stereocenters. The smallest absolute Gasteiger partial charge is 0.317 e. The molecule has 0 fully saturated rings. The van der Waals surface area contributed by atoms with Crippen molar-refractivity contribution in [1.82, 2.24) is 10.9 Å². The molecule has 0 radical (unpaired) electrons. The van der Waals surface area contributed by atoms with E-state index in [2.05, 4.69) is 10.9 Å². The average molecular weight is 402 g/mol. The fourth-order valence-electron chi connectivity index (χ4n) is 2.11. The Bertz CT molecular complexity index is 796. The van der Waals surface area contributed by atoms with Crippen LogP contribution in [0.25, 0.3) is 0 Å². The Balaban J connectivity index is 1.72. The van der Waals surface area contributed by atoms with Crippen LogP contribution in [0.2, 0.25) is 0 Å². The standard InChI is InChI=1S/C20H22N2O5S/c1-3-26-16-9-11-17(12-10-16)28-13-18(23)27-14(2)19(24)21-22-20(25)15-7-5-4-6-8-15/h4-12,14H,3,13H2,1-2H3,(H,21,24)(H,22,25)/t14-/m1/s1. The van der Waals surface area contributed by atoms with Crippen LogP contribution < -0.4 is 15.6 Å². The van der Waals surface area contributed by atoms with Crippen molar-refractivity contribution in [3.63, 3.8) is 0 Å². The topological polar surface area (TPSA) is 93.7 Å². The highest BCUT2D eigenvalue weighted by Crippen LogP contribution is 2.21. The lowest BCUT2D eigenvalue weighted by Gasteiger charge is -2.14. The van der Waals surface area contributed by atoms with E-state index in [0.29, 0.717) is 12.2 Å². The number of rotatable bonds is 8. The molecule has 2 aromatic rings. The van der Waals surface area contributed by atoms with E-state index in [1.807, 2.05) is 31.2 Å². The molecule has 7 nitrogen and oxygen atoms in total. The predicted molar refractivity (Wildman–Crippen MR) is 106 cm³/mol. The fraction of sp³-hybridized carbons (Fsp3) is 0.250. The van der Waals surface area contributed by atoms with Crippen LogP contribution in [0.15, 0.2) is 59.5 Å². The molecule has 28 heavy (non-hydrogen) atoms. The molecule has 0 saturated heterocycles. The predicted octanol–water partition coefficient (Wildman–Crippen LogP) is 2.57. The highest BCUT2D eigenvalue weighted by Gasteiger charge is 2.18. The largest absolute Gasteiger partial charge is 0.494 e. The van der Waals surface area contributed by atoms with Crippen LogP contribution in [-0.2, 0) is 14.3 Å². The summed E-state index contributed by atoms with van der Waals surface area (Å²) >= 11 is 1.29. The minimum absolute atomic E-state index is 0.0575. The minimum atomic E-state index is -1.04. The van der Waals surface area contributed by atoms with Crippen LogP contribution in [0.5, 0.6) is 5.75 Å². The molecule has 0 aliphatic heterocycles. The van der Waals surface area contributed by atoms with Gasteiger partial charge >= 0.3 is 5.97 Å². The first kappa shape index (κ1) is 21.3. The molecule has 0 heterocycles. The highest BCUT2D eigenvalue weighted by atomic mass is 32.2. The van der Waals surface area contributed by atoms with Gasteiger partial charge < -0.3 is 9.47 Å². The minimum Gasteiger partial charge on any atom is -0.494 e. The van der Waals surface area contributed by atoms with Gasteiger partial charge in [0.1, 0.15) is 5.75 Å². The molecule has 0 saturated carbocycles. The van der Waals surface area contributed by atoms with Crippen molar-refractivity contribution in [2.75, 3.05) is 12.4 Å². The molecule has 2 aromatic carbocycles. The number of thioether (sulfide) groups is 1. The molecule has 0 spiro atoms. The summed E-state index contributed by atoms with van der Waals surface area (Å²) < 4.78 is 10.4. The first-order chi connectivity index (χ1) is 13.5. The van der Waals surface area contributed by atoms with E-state index in [-0.39, 0.29) is 5.75 Å². The monoisotopic (exact) mass is 402 g/mol. The van der Waals surface area contributed by atoms with Crippen molar-refractivity contribution < 1.29 is 23.9 Å². The van der Waals surface area contributed by atoms with Crippen molar-refractivity contribution in [1.29, 1.82) is 0 Å². The second-order valence-electron chi connectivity index (χ2n) is 5.63. The van der Waals surface area contributed by atoms with E-state index in [1.54, 1.807) is 30.3 Å². The van der Waals surface area contributed by atoms with Crippen molar-refractivity contribution in [2.45, 2.75) is 24.8 Å². The van der Waals surface area contributed by atoms with Gasteiger partial charge in [0.25, 0.3) is 11.8 Å². The molecule has 2 N–H and O–H groups in total. The second kappa shape index (κ2) is 11.0. The van der Waals surface area contributed by atoms with Gasteiger partial charge in [-0.2, -0.15) is 0 Å². The summed E-state index contributed by atoms with van der Waals surface area (Å²) in [5, 5.41) is 0. The maximum atomic E-state index is 12.0. The van der Waals surface area contributed by atoms with Gasteiger partial charge in [-0.1, -0.05) is 18.2 Å². The van der Waals surface area contributed by atoms with Crippen LogP contribution in [0.4, 0.5) is 0 Å². The number of carbonyl (C=O) groups is 3. The maximum Gasteiger partial charge on any atom is 0.317 e. The number of benzene rings is 2.